The van der Waals surface area contributed by atoms with Gasteiger partial charge in [-0.1, -0.05) is 12.8 Å². The molecule has 0 radical (unpaired) electrons. The summed E-state index contributed by atoms with van der Waals surface area (Å²) in [5.74, 6) is 1.96. The van der Waals surface area contributed by atoms with Gasteiger partial charge < -0.3 is 5.32 Å². The van der Waals surface area contributed by atoms with Crippen LogP contribution in [0.2, 0.25) is 0 Å². The van der Waals surface area contributed by atoms with Crippen molar-refractivity contribution in [1.82, 2.24) is 20.1 Å². The maximum absolute atomic E-state index is 4.22. The Labute approximate surface area is 84.7 Å². The molecule has 0 bridgehead atoms. The summed E-state index contributed by atoms with van der Waals surface area (Å²) in [6, 6.07) is 0. The van der Waals surface area contributed by atoms with Crippen LogP contribution in [0.5, 0.6) is 0 Å². The number of rotatable bonds is 6. The van der Waals surface area contributed by atoms with E-state index in [1.807, 2.05) is 7.05 Å². The summed E-state index contributed by atoms with van der Waals surface area (Å²) in [7, 11) is 1.90. The molecule has 78 valence electrons. The zero-order valence-corrected chi connectivity index (χ0v) is 8.74. The van der Waals surface area contributed by atoms with Crippen molar-refractivity contribution >= 4 is 0 Å². The monoisotopic (exact) mass is 194 g/mol. The molecule has 1 N–H and O–H groups in total. The fourth-order valence-corrected chi connectivity index (χ4v) is 1.54. The van der Waals surface area contributed by atoms with E-state index in [4.69, 9.17) is 0 Å². The lowest BCUT2D eigenvalue weighted by molar-refractivity contribution is 0.604. The van der Waals surface area contributed by atoms with Crippen LogP contribution >= 0.6 is 0 Å². The van der Waals surface area contributed by atoms with Gasteiger partial charge in [-0.15, -0.1) is 0 Å². The molecule has 1 aliphatic rings. The molecule has 1 aromatic rings. The highest BCUT2D eigenvalue weighted by Crippen LogP contribution is 2.31. The van der Waals surface area contributed by atoms with Crippen molar-refractivity contribution in [3.05, 3.63) is 12.2 Å². The van der Waals surface area contributed by atoms with E-state index in [9.17, 15) is 0 Å². The van der Waals surface area contributed by atoms with Gasteiger partial charge in [-0.3, -0.25) is 4.68 Å². The molecule has 0 amide bonds. The molecule has 0 atom stereocenters. The third-order valence-corrected chi connectivity index (χ3v) is 2.60. The minimum Gasteiger partial charge on any atom is -0.316 e. The number of nitrogens with one attached hydrogen (secondary N) is 1. The maximum atomic E-state index is 4.22. The van der Waals surface area contributed by atoms with Gasteiger partial charge in [-0.25, -0.2) is 4.98 Å². The van der Waals surface area contributed by atoms with Gasteiger partial charge in [0.2, 0.25) is 0 Å². The number of hydrogen-bond acceptors (Lipinski definition) is 3. The highest BCUT2D eigenvalue weighted by atomic mass is 15.3. The Morgan fingerprint density at radius 3 is 3.00 bits per heavy atom. The maximum Gasteiger partial charge on any atom is 0.151 e. The van der Waals surface area contributed by atoms with Gasteiger partial charge in [0, 0.05) is 20.0 Å². The van der Waals surface area contributed by atoms with E-state index in [2.05, 4.69) is 15.4 Å². The molecule has 4 nitrogen and oxygen atoms in total. The molecular formula is C10H18N4. The standard InChI is InChI=1S/C10H18N4/c1-14-8-12-10(13-14)5-7-11-6-4-9-2-3-9/h8-9,11H,2-7H2,1H3. The fourth-order valence-electron chi connectivity index (χ4n) is 1.54. The minimum absolute atomic E-state index is 0.936. The predicted octanol–water partition coefficient (Wildman–Crippen LogP) is 0.747. The van der Waals surface area contributed by atoms with Crippen LogP contribution in [0.1, 0.15) is 25.1 Å². The van der Waals surface area contributed by atoms with Crippen molar-refractivity contribution in [3.8, 4) is 0 Å². The van der Waals surface area contributed by atoms with Crippen LogP contribution in [-0.2, 0) is 13.5 Å². The van der Waals surface area contributed by atoms with Gasteiger partial charge >= 0.3 is 0 Å². The zero-order chi connectivity index (χ0) is 9.80. The van der Waals surface area contributed by atoms with Crippen LogP contribution < -0.4 is 5.32 Å². The van der Waals surface area contributed by atoms with Gasteiger partial charge in [0.05, 0.1) is 0 Å². The molecule has 0 aliphatic heterocycles. The zero-order valence-electron chi connectivity index (χ0n) is 8.74. The first-order valence-corrected chi connectivity index (χ1v) is 5.40. The Bertz CT molecular complexity index is 277. The highest BCUT2D eigenvalue weighted by molar-refractivity contribution is 4.82. The summed E-state index contributed by atoms with van der Waals surface area (Å²) >= 11 is 0. The van der Waals surface area contributed by atoms with E-state index in [1.54, 1.807) is 11.0 Å². The largest absolute Gasteiger partial charge is 0.316 e. The average molecular weight is 194 g/mol. The van der Waals surface area contributed by atoms with Gasteiger partial charge in [0.1, 0.15) is 6.33 Å². The highest BCUT2D eigenvalue weighted by Gasteiger charge is 2.19. The van der Waals surface area contributed by atoms with E-state index in [0.717, 1.165) is 31.3 Å². The lowest BCUT2D eigenvalue weighted by Gasteiger charge is -2.01. The Morgan fingerprint density at radius 2 is 2.36 bits per heavy atom. The SMILES string of the molecule is Cn1cnc(CCNCCC2CC2)n1. The number of aryl methyl sites for hydroxylation is 1. The van der Waals surface area contributed by atoms with Gasteiger partial charge in [0.15, 0.2) is 5.82 Å². The van der Waals surface area contributed by atoms with E-state index in [0.29, 0.717) is 0 Å². The molecule has 0 aromatic carbocycles. The molecule has 1 heterocycles. The van der Waals surface area contributed by atoms with Gasteiger partial charge in [-0.2, -0.15) is 5.10 Å². The van der Waals surface area contributed by atoms with Crippen LogP contribution in [0.4, 0.5) is 0 Å². The average Bonchev–Trinajstić information content (AvgIpc) is 2.89. The Balaban J connectivity index is 1.53. The van der Waals surface area contributed by atoms with Crippen molar-refractivity contribution in [2.45, 2.75) is 25.7 Å². The molecule has 0 saturated heterocycles. The molecule has 0 unspecified atom stereocenters. The first kappa shape index (κ1) is 9.65. The summed E-state index contributed by atoms with van der Waals surface area (Å²) < 4.78 is 1.75. The van der Waals surface area contributed by atoms with Crippen molar-refractivity contribution < 1.29 is 0 Å². The fraction of sp³-hybridized carbons (Fsp3) is 0.800. The first-order valence-electron chi connectivity index (χ1n) is 5.40. The van der Waals surface area contributed by atoms with Crippen LogP contribution in [0.15, 0.2) is 6.33 Å². The topological polar surface area (TPSA) is 42.7 Å². The van der Waals surface area contributed by atoms with E-state index >= 15 is 0 Å². The molecule has 1 fully saturated rings. The number of aromatic nitrogens is 3. The third-order valence-electron chi connectivity index (χ3n) is 2.60. The number of hydrogen-bond donors (Lipinski definition) is 1. The van der Waals surface area contributed by atoms with E-state index in [1.165, 1.54) is 19.3 Å². The Morgan fingerprint density at radius 1 is 1.50 bits per heavy atom. The van der Waals surface area contributed by atoms with Crippen LogP contribution in [0, 0.1) is 5.92 Å². The molecular weight excluding hydrogens is 176 g/mol. The second-order valence-electron chi connectivity index (χ2n) is 4.07. The summed E-state index contributed by atoms with van der Waals surface area (Å²) in [4.78, 5) is 4.17. The van der Waals surface area contributed by atoms with Gasteiger partial charge in [0.25, 0.3) is 0 Å². The predicted molar refractivity (Wildman–Crippen MR) is 54.9 cm³/mol. The molecule has 0 spiro atoms. The van der Waals surface area contributed by atoms with Crippen molar-refractivity contribution in [3.63, 3.8) is 0 Å². The van der Waals surface area contributed by atoms with E-state index < -0.39 is 0 Å². The quantitative estimate of drug-likeness (QED) is 0.679. The lowest BCUT2D eigenvalue weighted by atomic mass is 10.3. The summed E-state index contributed by atoms with van der Waals surface area (Å²) in [5, 5.41) is 7.65. The van der Waals surface area contributed by atoms with Crippen molar-refractivity contribution in [2.24, 2.45) is 13.0 Å². The molecule has 1 saturated carbocycles. The van der Waals surface area contributed by atoms with Gasteiger partial charge in [-0.05, 0) is 18.9 Å². The summed E-state index contributed by atoms with van der Waals surface area (Å²) in [6.07, 6.45) is 6.92. The summed E-state index contributed by atoms with van der Waals surface area (Å²) in [5.41, 5.74) is 0. The molecule has 4 heteroatoms. The van der Waals surface area contributed by atoms with Crippen molar-refractivity contribution in [1.29, 1.82) is 0 Å². The number of nitrogens with zero attached hydrogens (tertiary/aromatic N) is 3. The molecule has 1 aromatic heterocycles. The van der Waals surface area contributed by atoms with Crippen molar-refractivity contribution in [2.75, 3.05) is 13.1 Å². The minimum atomic E-state index is 0.936. The molecule has 2 rings (SSSR count). The van der Waals surface area contributed by atoms with Crippen LogP contribution in [-0.4, -0.2) is 27.9 Å². The van der Waals surface area contributed by atoms with Crippen LogP contribution in [0.25, 0.3) is 0 Å². The normalized spacial score (nSPS) is 16.1. The smallest absolute Gasteiger partial charge is 0.151 e. The second-order valence-corrected chi connectivity index (χ2v) is 4.07. The lowest BCUT2D eigenvalue weighted by Crippen LogP contribution is -2.19. The third kappa shape index (κ3) is 3.10. The second kappa shape index (κ2) is 4.55. The molecule has 1 aliphatic carbocycles. The Hall–Kier alpha value is -0.900. The van der Waals surface area contributed by atoms with Crippen LogP contribution in [0.3, 0.4) is 0 Å². The first-order chi connectivity index (χ1) is 6.84. The van der Waals surface area contributed by atoms with E-state index in [-0.39, 0.29) is 0 Å². The molecule has 14 heavy (non-hydrogen) atoms. The Kier molecular flexibility index (Phi) is 3.14. The summed E-state index contributed by atoms with van der Waals surface area (Å²) in [6.45, 7) is 2.15.